The van der Waals surface area contributed by atoms with Crippen molar-refractivity contribution in [3.8, 4) is 5.75 Å². The number of carbonyl (C=O) groups excluding carboxylic acids is 1. The molecule has 3 unspecified atom stereocenters. The molecule has 0 bridgehead atoms. The fraction of sp³-hybridized carbons (Fsp3) is 0.533. The van der Waals surface area contributed by atoms with Crippen molar-refractivity contribution in [3.05, 3.63) is 24.3 Å². The van der Waals surface area contributed by atoms with E-state index in [1.807, 2.05) is 9.80 Å². The van der Waals surface area contributed by atoms with Gasteiger partial charge in [0.1, 0.15) is 11.9 Å². The van der Waals surface area contributed by atoms with E-state index in [4.69, 9.17) is 0 Å². The summed E-state index contributed by atoms with van der Waals surface area (Å²) in [7, 11) is 0. The van der Waals surface area contributed by atoms with Gasteiger partial charge >= 0.3 is 6.18 Å². The van der Waals surface area contributed by atoms with E-state index in [2.05, 4.69) is 4.74 Å². The van der Waals surface area contributed by atoms with Crippen LogP contribution in [0.25, 0.3) is 0 Å². The van der Waals surface area contributed by atoms with Crippen molar-refractivity contribution in [2.24, 2.45) is 0 Å². The highest BCUT2D eigenvalue weighted by molar-refractivity contribution is 5.67. The summed E-state index contributed by atoms with van der Waals surface area (Å²) in [5.74, 6) is 0.129. The fourth-order valence-corrected chi connectivity index (χ4v) is 3.24. The summed E-state index contributed by atoms with van der Waals surface area (Å²) in [5.41, 5.74) is 0.741. The van der Waals surface area contributed by atoms with E-state index < -0.39 is 25.1 Å². The number of aldehydes is 1. The first-order valence-corrected chi connectivity index (χ1v) is 7.33. The average Bonchev–Trinajstić information content (AvgIpc) is 3.00. The molecule has 0 aromatic heterocycles. The first kappa shape index (κ1) is 16.1. The second-order valence-electron chi connectivity index (χ2n) is 5.84. The Morgan fingerprint density at radius 1 is 1.26 bits per heavy atom. The third kappa shape index (κ3) is 3.42. The van der Waals surface area contributed by atoms with Gasteiger partial charge in [0.05, 0.1) is 6.10 Å². The molecule has 0 radical (unpaired) electrons. The molecule has 2 heterocycles. The molecule has 2 aliphatic heterocycles. The first-order valence-electron chi connectivity index (χ1n) is 7.33. The molecule has 0 saturated carbocycles. The molecule has 0 amide bonds. The van der Waals surface area contributed by atoms with E-state index in [0.29, 0.717) is 19.5 Å². The smallest absolute Gasteiger partial charge is 0.422 e. The molecule has 8 heteroatoms. The van der Waals surface area contributed by atoms with Crippen LogP contribution in [0.4, 0.5) is 18.9 Å². The molecule has 1 N–H and O–H groups in total. The van der Waals surface area contributed by atoms with E-state index in [1.165, 1.54) is 12.1 Å². The minimum Gasteiger partial charge on any atom is -0.484 e. The predicted octanol–water partition coefficient (Wildman–Crippen LogP) is 1.41. The third-order valence-corrected chi connectivity index (χ3v) is 4.19. The Bertz CT molecular complexity index is 564. The number of nitrogens with zero attached hydrogens (tertiary/aromatic N) is 2. The molecule has 1 aromatic carbocycles. The van der Waals surface area contributed by atoms with Crippen molar-refractivity contribution in [2.45, 2.75) is 30.9 Å². The average molecular weight is 330 g/mol. The molecular formula is C15H17F3N2O3. The van der Waals surface area contributed by atoms with Crippen LogP contribution in [0, 0.1) is 0 Å². The van der Waals surface area contributed by atoms with Crippen LogP contribution in [0.3, 0.4) is 0 Å². The summed E-state index contributed by atoms with van der Waals surface area (Å²) < 4.78 is 41.1. The lowest BCUT2D eigenvalue weighted by Gasteiger charge is -2.26. The number of hydrogen-bond acceptors (Lipinski definition) is 5. The topological polar surface area (TPSA) is 53.0 Å². The monoisotopic (exact) mass is 330 g/mol. The fourth-order valence-electron chi connectivity index (χ4n) is 3.24. The molecule has 5 nitrogen and oxygen atoms in total. The van der Waals surface area contributed by atoms with Crippen molar-refractivity contribution >= 4 is 12.0 Å². The number of ether oxygens (including phenoxy) is 1. The third-order valence-electron chi connectivity index (χ3n) is 4.19. The number of rotatable bonds is 4. The Morgan fingerprint density at radius 3 is 2.57 bits per heavy atom. The van der Waals surface area contributed by atoms with E-state index in [1.54, 1.807) is 12.1 Å². The molecule has 0 aliphatic carbocycles. The van der Waals surface area contributed by atoms with Crippen molar-refractivity contribution < 1.29 is 27.8 Å². The van der Waals surface area contributed by atoms with Crippen LogP contribution in [0.5, 0.6) is 5.75 Å². The van der Waals surface area contributed by atoms with Crippen molar-refractivity contribution in [3.63, 3.8) is 0 Å². The number of carbonyl (C=O) groups is 1. The summed E-state index contributed by atoms with van der Waals surface area (Å²) in [6, 6.07) is 6.31. The zero-order valence-electron chi connectivity index (χ0n) is 12.2. The number of alkyl halides is 3. The number of fused-ring (bicyclic) bond motifs is 1. The Kier molecular flexibility index (Phi) is 4.20. The molecule has 2 saturated heterocycles. The highest BCUT2D eigenvalue weighted by atomic mass is 19.4. The lowest BCUT2D eigenvalue weighted by molar-refractivity contribution is -0.153. The number of hydrogen-bond donors (Lipinski definition) is 1. The quantitative estimate of drug-likeness (QED) is 0.846. The maximum absolute atomic E-state index is 12.1. The van der Waals surface area contributed by atoms with Crippen LogP contribution in [0.1, 0.15) is 6.42 Å². The number of anilines is 1. The zero-order valence-corrected chi connectivity index (χ0v) is 12.2. The largest absolute Gasteiger partial charge is 0.484 e. The lowest BCUT2D eigenvalue weighted by atomic mass is 10.2. The summed E-state index contributed by atoms with van der Waals surface area (Å²) >= 11 is 0. The molecule has 23 heavy (non-hydrogen) atoms. The lowest BCUT2D eigenvalue weighted by Crippen LogP contribution is -2.41. The Balaban J connectivity index is 1.69. The molecule has 2 aliphatic rings. The highest BCUT2D eigenvalue weighted by Gasteiger charge is 2.45. The van der Waals surface area contributed by atoms with Gasteiger partial charge < -0.3 is 14.7 Å². The minimum absolute atomic E-state index is 0.112. The van der Waals surface area contributed by atoms with Crippen LogP contribution >= 0.6 is 0 Å². The van der Waals surface area contributed by atoms with Crippen molar-refractivity contribution in [1.82, 2.24) is 4.90 Å². The van der Waals surface area contributed by atoms with Gasteiger partial charge in [-0.25, -0.2) is 0 Å². The number of halogens is 3. The summed E-state index contributed by atoms with van der Waals surface area (Å²) in [4.78, 5) is 15.2. The van der Waals surface area contributed by atoms with E-state index in [-0.39, 0.29) is 11.8 Å². The van der Waals surface area contributed by atoms with Gasteiger partial charge in [0.2, 0.25) is 0 Å². The molecule has 3 atom stereocenters. The van der Waals surface area contributed by atoms with Crippen molar-refractivity contribution in [2.75, 3.05) is 24.6 Å². The van der Waals surface area contributed by atoms with Crippen LogP contribution in [-0.2, 0) is 4.79 Å². The Morgan fingerprint density at radius 2 is 1.96 bits per heavy atom. The number of benzene rings is 1. The normalized spacial score (nSPS) is 28.0. The highest BCUT2D eigenvalue weighted by Crippen LogP contribution is 2.33. The second-order valence-corrected chi connectivity index (χ2v) is 5.84. The van der Waals surface area contributed by atoms with Gasteiger partial charge in [0.25, 0.3) is 0 Å². The number of aliphatic hydroxyl groups excluding tert-OH is 1. The van der Waals surface area contributed by atoms with Gasteiger partial charge in [-0.05, 0) is 30.7 Å². The van der Waals surface area contributed by atoms with Gasteiger partial charge in [-0.2, -0.15) is 13.2 Å². The van der Waals surface area contributed by atoms with Crippen molar-refractivity contribution in [1.29, 1.82) is 0 Å². The molecule has 1 aromatic rings. The molecular weight excluding hydrogens is 313 g/mol. The Labute approximate surface area is 131 Å². The van der Waals surface area contributed by atoms with Gasteiger partial charge in [0, 0.05) is 24.8 Å². The first-order chi connectivity index (χ1) is 10.9. The van der Waals surface area contributed by atoms with Crippen LogP contribution < -0.4 is 9.64 Å². The van der Waals surface area contributed by atoms with Crippen LogP contribution in [-0.4, -0.2) is 60.5 Å². The maximum atomic E-state index is 12.1. The molecule has 126 valence electrons. The molecule has 0 spiro atoms. The predicted molar refractivity (Wildman–Crippen MR) is 76.3 cm³/mol. The molecule has 3 rings (SSSR count). The second kappa shape index (κ2) is 6.01. The summed E-state index contributed by atoms with van der Waals surface area (Å²) in [6.45, 7) is -0.276. The summed E-state index contributed by atoms with van der Waals surface area (Å²) in [6.07, 6.45) is -3.80. The van der Waals surface area contributed by atoms with Gasteiger partial charge in [-0.15, -0.1) is 0 Å². The van der Waals surface area contributed by atoms with Crippen LogP contribution in [0.2, 0.25) is 0 Å². The van der Waals surface area contributed by atoms with Gasteiger partial charge in [0.15, 0.2) is 12.9 Å². The summed E-state index contributed by atoms with van der Waals surface area (Å²) in [5, 5.41) is 9.68. The van der Waals surface area contributed by atoms with Gasteiger partial charge in [-0.3, -0.25) is 9.69 Å². The van der Waals surface area contributed by atoms with E-state index >= 15 is 0 Å². The molecule has 2 fully saturated rings. The van der Waals surface area contributed by atoms with Gasteiger partial charge in [-0.1, -0.05) is 0 Å². The standard InChI is InChI=1S/C15H17F3N2O3/c16-15(17,18)9-23-13-3-1-10(2-4-13)19-6-11-5-12(22)7-20(11)14(19)8-21/h1-4,8,11-12,14,22H,5-7,9H2. The number of aliphatic hydroxyl groups is 1. The van der Waals surface area contributed by atoms with E-state index in [9.17, 15) is 23.1 Å². The van der Waals surface area contributed by atoms with Crippen LogP contribution in [0.15, 0.2) is 24.3 Å². The SMILES string of the molecule is O=CC1N(c2ccc(OCC(F)(F)F)cc2)CC2CC(O)CN21. The Hall–Kier alpha value is -1.80. The zero-order chi connectivity index (χ0) is 16.6. The minimum atomic E-state index is -4.37. The maximum Gasteiger partial charge on any atom is 0.422 e. The van der Waals surface area contributed by atoms with E-state index in [0.717, 1.165) is 12.0 Å².